The van der Waals surface area contributed by atoms with Gasteiger partial charge in [-0.15, -0.1) is 24.5 Å². The minimum atomic E-state index is -4.84. The van der Waals surface area contributed by atoms with Crippen molar-refractivity contribution in [3.63, 3.8) is 0 Å². The molecule has 1 aliphatic rings. The molecule has 33 heavy (non-hydrogen) atoms. The van der Waals surface area contributed by atoms with E-state index < -0.39 is 24.1 Å². The number of ether oxygens (including phenoxy) is 1. The van der Waals surface area contributed by atoms with Crippen LogP contribution in [0.4, 0.5) is 19.0 Å². The number of nitrogens with zero attached hydrogens (tertiary/aromatic N) is 3. The van der Waals surface area contributed by atoms with Gasteiger partial charge in [0.1, 0.15) is 11.6 Å². The molecule has 1 atom stereocenters. The summed E-state index contributed by atoms with van der Waals surface area (Å²) in [5.41, 5.74) is 1.29. The van der Waals surface area contributed by atoms with Crippen LogP contribution in [0.15, 0.2) is 54.7 Å². The molecule has 3 rings (SSSR count). The quantitative estimate of drug-likeness (QED) is 0.453. The lowest BCUT2D eigenvalue weighted by Crippen LogP contribution is -2.24. The van der Waals surface area contributed by atoms with Gasteiger partial charge >= 0.3 is 6.36 Å². The maximum atomic E-state index is 12.8. The van der Waals surface area contributed by atoms with Crippen molar-refractivity contribution >= 4 is 23.1 Å². The van der Waals surface area contributed by atoms with Crippen LogP contribution in [0.3, 0.4) is 0 Å². The SMILES string of the molecule is C=C/C(=C\C=C(/C)NC(=O)c1cnc(N2CC[C@@H](O)C2)c(-c2cnc(C)s2)c1)OC(F)(F)F. The molecule has 0 spiro atoms. The Morgan fingerprint density at radius 2 is 2.12 bits per heavy atom. The number of carbonyl (C=O) groups excluding carboxylic acids is 1. The van der Waals surface area contributed by atoms with Gasteiger partial charge in [0.25, 0.3) is 5.91 Å². The molecule has 0 aliphatic carbocycles. The van der Waals surface area contributed by atoms with Gasteiger partial charge in [-0.3, -0.25) is 4.79 Å². The second-order valence-corrected chi connectivity index (χ2v) is 8.59. The summed E-state index contributed by atoms with van der Waals surface area (Å²) in [6, 6.07) is 1.69. The van der Waals surface area contributed by atoms with Gasteiger partial charge in [0.15, 0.2) is 0 Å². The molecule has 1 fully saturated rings. The number of β-amino-alcohol motifs (C(OH)–C–C–N with tert-alkyl or cyclic N) is 1. The Kier molecular flexibility index (Phi) is 7.54. The van der Waals surface area contributed by atoms with Crippen molar-refractivity contribution < 1.29 is 27.8 Å². The first kappa shape index (κ1) is 24.5. The largest absolute Gasteiger partial charge is 0.573 e. The summed E-state index contributed by atoms with van der Waals surface area (Å²) in [6.45, 7) is 7.77. The number of rotatable bonds is 7. The number of thiazole rings is 1. The van der Waals surface area contributed by atoms with Crippen LogP contribution in [-0.2, 0) is 4.74 Å². The molecule has 0 unspecified atom stereocenters. The molecule has 11 heteroatoms. The van der Waals surface area contributed by atoms with E-state index in [2.05, 4.69) is 26.6 Å². The molecule has 176 valence electrons. The third-order valence-electron chi connectivity index (χ3n) is 4.72. The molecule has 1 aliphatic heterocycles. The Morgan fingerprint density at radius 3 is 2.70 bits per heavy atom. The number of pyridine rings is 1. The van der Waals surface area contributed by atoms with E-state index in [0.29, 0.717) is 31.0 Å². The number of halogens is 3. The topological polar surface area (TPSA) is 87.6 Å². The standard InChI is InChI=1S/C22H23F3N4O3S/c1-4-17(32-22(23,24)25)6-5-13(2)28-21(31)15-9-18(19-11-26-14(3)33-19)20(27-10-15)29-8-7-16(30)12-29/h4-6,9-11,16,30H,1,7-8,12H2,2-3H3,(H,28,31)/b13-5+,17-6+/t16-/m1/s1. The maximum absolute atomic E-state index is 12.8. The van der Waals surface area contributed by atoms with Crippen molar-refractivity contribution in [1.29, 1.82) is 0 Å². The molecule has 1 amide bonds. The summed E-state index contributed by atoms with van der Waals surface area (Å²) in [4.78, 5) is 24.3. The maximum Gasteiger partial charge on any atom is 0.573 e. The van der Waals surface area contributed by atoms with E-state index in [4.69, 9.17) is 0 Å². The van der Waals surface area contributed by atoms with Crippen LogP contribution in [0.1, 0.15) is 28.7 Å². The number of allylic oxidation sites excluding steroid dienone is 4. The van der Waals surface area contributed by atoms with E-state index in [1.165, 1.54) is 30.5 Å². The van der Waals surface area contributed by atoms with E-state index in [1.54, 1.807) is 12.3 Å². The highest BCUT2D eigenvalue weighted by Crippen LogP contribution is 2.35. The smallest absolute Gasteiger partial charge is 0.406 e. The zero-order valence-electron chi connectivity index (χ0n) is 18.0. The van der Waals surface area contributed by atoms with Gasteiger partial charge in [-0.1, -0.05) is 6.58 Å². The van der Waals surface area contributed by atoms with Crippen molar-refractivity contribution in [2.24, 2.45) is 0 Å². The number of amides is 1. The van der Waals surface area contributed by atoms with Crippen LogP contribution in [0.25, 0.3) is 10.4 Å². The molecule has 2 aromatic heterocycles. The predicted octanol–water partition coefficient (Wildman–Crippen LogP) is 4.32. The number of anilines is 1. The summed E-state index contributed by atoms with van der Waals surface area (Å²) >= 11 is 1.46. The first-order chi connectivity index (χ1) is 15.6. The highest BCUT2D eigenvalue weighted by molar-refractivity contribution is 7.15. The fourth-order valence-corrected chi connectivity index (χ4v) is 4.00. The summed E-state index contributed by atoms with van der Waals surface area (Å²) in [7, 11) is 0. The van der Waals surface area contributed by atoms with Gasteiger partial charge in [0, 0.05) is 36.7 Å². The molecule has 0 bridgehead atoms. The number of hydrogen-bond acceptors (Lipinski definition) is 7. The Morgan fingerprint density at radius 1 is 1.36 bits per heavy atom. The summed E-state index contributed by atoms with van der Waals surface area (Å²) in [6.07, 6.45) is 1.75. The van der Waals surface area contributed by atoms with E-state index in [-0.39, 0.29) is 5.56 Å². The van der Waals surface area contributed by atoms with Crippen LogP contribution in [0, 0.1) is 6.92 Å². The van der Waals surface area contributed by atoms with Gasteiger partial charge in [0.2, 0.25) is 0 Å². The van der Waals surface area contributed by atoms with Crippen molar-refractivity contribution in [2.75, 3.05) is 18.0 Å². The van der Waals surface area contributed by atoms with Crippen LogP contribution in [0.2, 0.25) is 0 Å². The third-order valence-corrected chi connectivity index (χ3v) is 5.67. The number of aliphatic hydroxyl groups is 1. The second-order valence-electron chi connectivity index (χ2n) is 7.35. The van der Waals surface area contributed by atoms with Crippen molar-refractivity contribution in [2.45, 2.75) is 32.7 Å². The first-order valence-corrected chi connectivity index (χ1v) is 10.8. The van der Waals surface area contributed by atoms with Crippen LogP contribution < -0.4 is 10.2 Å². The highest BCUT2D eigenvalue weighted by Gasteiger charge is 2.31. The van der Waals surface area contributed by atoms with Crippen LogP contribution in [-0.4, -0.2) is 46.5 Å². The number of carbonyl (C=O) groups is 1. The molecule has 2 N–H and O–H groups in total. The predicted molar refractivity (Wildman–Crippen MR) is 120 cm³/mol. The van der Waals surface area contributed by atoms with Crippen molar-refractivity contribution in [1.82, 2.24) is 15.3 Å². The molecule has 0 saturated carbocycles. The minimum absolute atomic E-state index is 0.270. The third kappa shape index (κ3) is 6.65. The minimum Gasteiger partial charge on any atom is -0.406 e. The van der Waals surface area contributed by atoms with Crippen LogP contribution >= 0.6 is 11.3 Å². The van der Waals surface area contributed by atoms with Gasteiger partial charge in [-0.25, -0.2) is 9.97 Å². The summed E-state index contributed by atoms with van der Waals surface area (Å²) < 4.78 is 40.9. The lowest BCUT2D eigenvalue weighted by molar-refractivity contribution is -0.303. The van der Waals surface area contributed by atoms with E-state index in [1.807, 2.05) is 11.8 Å². The number of hydrogen-bond donors (Lipinski definition) is 2. The Hall–Kier alpha value is -3.18. The molecule has 1 saturated heterocycles. The fraction of sp³-hybridized carbons (Fsp3) is 0.318. The van der Waals surface area contributed by atoms with E-state index >= 15 is 0 Å². The fourth-order valence-electron chi connectivity index (χ4n) is 3.21. The summed E-state index contributed by atoms with van der Waals surface area (Å²) in [5.74, 6) is -0.323. The molecule has 0 radical (unpaired) electrons. The second kappa shape index (κ2) is 10.2. The van der Waals surface area contributed by atoms with Gasteiger partial charge in [-0.05, 0) is 44.6 Å². The average molecular weight is 481 g/mol. The van der Waals surface area contributed by atoms with Gasteiger partial charge in [-0.2, -0.15) is 0 Å². The number of aromatic nitrogens is 2. The van der Waals surface area contributed by atoms with Crippen molar-refractivity contribution in [3.8, 4) is 10.4 Å². The molecule has 7 nitrogen and oxygen atoms in total. The average Bonchev–Trinajstić information content (AvgIpc) is 3.38. The lowest BCUT2D eigenvalue weighted by atomic mass is 10.1. The molecule has 0 aromatic carbocycles. The molecular formula is C22H23F3N4O3S. The van der Waals surface area contributed by atoms with Gasteiger partial charge < -0.3 is 20.1 Å². The Labute approximate surface area is 192 Å². The highest BCUT2D eigenvalue weighted by atomic mass is 32.1. The van der Waals surface area contributed by atoms with Gasteiger partial charge in [0.05, 0.1) is 21.6 Å². The first-order valence-electron chi connectivity index (χ1n) is 9.99. The molecule has 3 heterocycles. The Balaban J connectivity index is 1.84. The lowest BCUT2D eigenvalue weighted by Gasteiger charge is -2.20. The number of aryl methyl sites for hydroxylation is 1. The van der Waals surface area contributed by atoms with E-state index in [0.717, 1.165) is 27.6 Å². The number of alkyl halides is 3. The Bertz CT molecular complexity index is 1090. The zero-order chi connectivity index (χ0) is 24.2. The van der Waals surface area contributed by atoms with Crippen molar-refractivity contribution in [3.05, 3.63) is 65.3 Å². The van der Waals surface area contributed by atoms with Crippen LogP contribution in [0.5, 0.6) is 0 Å². The number of aliphatic hydroxyl groups excluding tert-OH is 1. The normalized spacial score (nSPS) is 17.3. The zero-order valence-corrected chi connectivity index (χ0v) is 18.8. The monoisotopic (exact) mass is 480 g/mol. The number of nitrogens with one attached hydrogen (secondary N) is 1. The summed E-state index contributed by atoms with van der Waals surface area (Å²) in [5, 5.41) is 13.4. The molecular weight excluding hydrogens is 457 g/mol. The van der Waals surface area contributed by atoms with E-state index in [9.17, 15) is 23.1 Å². The molecule has 2 aromatic rings.